The van der Waals surface area contributed by atoms with Crippen molar-refractivity contribution < 1.29 is 31.8 Å². The highest BCUT2D eigenvalue weighted by Crippen LogP contribution is 2.33. The van der Waals surface area contributed by atoms with Gasteiger partial charge in [-0.3, -0.25) is 0 Å². The van der Waals surface area contributed by atoms with E-state index in [-0.39, 0.29) is 9.26 Å². The molecule has 0 bridgehead atoms. The van der Waals surface area contributed by atoms with Crippen LogP contribution in [0.15, 0.2) is 6.07 Å². The van der Waals surface area contributed by atoms with Gasteiger partial charge >= 0.3 is 6.36 Å². The number of ether oxygens (including phenoxy) is 1. The van der Waals surface area contributed by atoms with E-state index in [1.54, 1.807) is 22.6 Å². The van der Waals surface area contributed by atoms with Crippen molar-refractivity contribution in [3.8, 4) is 5.88 Å². The van der Waals surface area contributed by atoms with E-state index < -0.39 is 30.8 Å². The van der Waals surface area contributed by atoms with Crippen LogP contribution in [0.3, 0.4) is 0 Å². The lowest BCUT2D eigenvalue weighted by molar-refractivity contribution is -0.276. The van der Waals surface area contributed by atoms with Gasteiger partial charge in [-0.2, -0.15) is 0 Å². The van der Waals surface area contributed by atoms with Crippen LogP contribution in [0.2, 0.25) is 0 Å². The first kappa shape index (κ1) is 14.4. The number of nitrogens with zero attached hydrogens (tertiary/aromatic N) is 1. The van der Waals surface area contributed by atoms with Gasteiger partial charge in [-0.15, -0.1) is 13.2 Å². The largest absolute Gasteiger partial charge is 0.574 e. The Morgan fingerprint density at radius 1 is 1.41 bits per heavy atom. The Morgan fingerprint density at radius 2 is 2.00 bits per heavy atom. The molecule has 0 fully saturated rings. The monoisotopic (exact) mass is 369 g/mol. The Labute approximate surface area is 106 Å². The number of halogens is 6. The number of aliphatic hydroxyl groups is 1. The summed E-state index contributed by atoms with van der Waals surface area (Å²) in [7, 11) is 0. The van der Waals surface area contributed by atoms with Gasteiger partial charge in [0.25, 0.3) is 6.43 Å². The molecular weight excluding hydrogens is 364 g/mol. The van der Waals surface area contributed by atoms with Gasteiger partial charge < -0.3 is 9.84 Å². The number of aromatic nitrogens is 1. The van der Waals surface area contributed by atoms with Crippen molar-refractivity contribution >= 4 is 22.6 Å². The predicted molar refractivity (Wildman–Crippen MR) is 54.5 cm³/mol. The summed E-state index contributed by atoms with van der Waals surface area (Å²) in [6.45, 7) is -0.671. The first-order valence-electron chi connectivity index (χ1n) is 4.08. The van der Waals surface area contributed by atoms with E-state index in [9.17, 15) is 22.0 Å². The summed E-state index contributed by atoms with van der Waals surface area (Å²) in [5.41, 5.74) is -1.13. The van der Waals surface area contributed by atoms with Gasteiger partial charge in [0.1, 0.15) is 0 Å². The summed E-state index contributed by atoms with van der Waals surface area (Å²) in [5, 5.41) is 8.78. The molecule has 1 N–H and O–H groups in total. The number of hydrogen-bond donors (Lipinski definition) is 1. The van der Waals surface area contributed by atoms with Crippen LogP contribution in [0.25, 0.3) is 0 Å². The minimum absolute atomic E-state index is 0.134. The summed E-state index contributed by atoms with van der Waals surface area (Å²) in [6.07, 6.45) is -8.27. The molecule has 1 aromatic rings. The van der Waals surface area contributed by atoms with Crippen LogP contribution in [0.4, 0.5) is 22.0 Å². The van der Waals surface area contributed by atoms with E-state index >= 15 is 0 Å². The molecule has 1 rings (SSSR count). The average Bonchev–Trinajstić information content (AvgIpc) is 2.17. The van der Waals surface area contributed by atoms with Crippen LogP contribution in [0, 0.1) is 3.57 Å². The quantitative estimate of drug-likeness (QED) is 0.658. The fourth-order valence-electron chi connectivity index (χ4n) is 0.981. The zero-order valence-electron chi connectivity index (χ0n) is 7.93. The maximum atomic E-state index is 12.5. The van der Waals surface area contributed by atoms with Gasteiger partial charge in [-0.1, -0.05) is 0 Å². The van der Waals surface area contributed by atoms with Crippen LogP contribution in [-0.2, 0) is 6.61 Å². The first-order valence-corrected chi connectivity index (χ1v) is 5.16. The molecule has 0 saturated carbocycles. The zero-order valence-corrected chi connectivity index (χ0v) is 10.1. The second-order valence-corrected chi connectivity index (χ2v) is 3.98. The molecule has 0 saturated heterocycles. The van der Waals surface area contributed by atoms with Crippen LogP contribution < -0.4 is 4.74 Å². The maximum Gasteiger partial charge on any atom is 0.574 e. The number of aliphatic hydroxyl groups excluding tert-OH is 1. The lowest BCUT2D eigenvalue weighted by Gasteiger charge is -2.13. The van der Waals surface area contributed by atoms with Crippen LogP contribution >= 0.6 is 22.6 Å². The van der Waals surface area contributed by atoms with Crippen molar-refractivity contribution in [3.05, 3.63) is 20.9 Å². The van der Waals surface area contributed by atoms with E-state index in [2.05, 4.69) is 9.72 Å². The normalized spacial score (nSPS) is 12.0. The zero-order chi connectivity index (χ0) is 13.2. The molecule has 1 heterocycles. The molecule has 9 heteroatoms. The Kier molecular flexibility index (Phi) is 4.47. The summed E-state index contributed by atoms with van der Waals surface area (Å²) >= 11 is 1.58. The smallest absolute Gasteiger partial charge is 0.390 e. The van der Waals surface area contributed by atoms with E-state index in [1.807, 2.05) is 0 Å². The molecule has 96 valence electrons. The molecule has 0 radical (unpaired) electrons. The van der Waals surface area contributed by atoms with Gasteiger partial charge in [-0.25, -0.2) is 13.8 Å². The maximum absolute atomic E-state index is 12.5. The fraction of sp³-hybridized carbons (Fsp3) is 0.375. The number of rotatable bonds is 3. The summed E-state index contributed by atoms with van der Waals surface area (Å²) in [5.74, 6) is -1.24. The van der Waals surface area contributed by atoms with Crippen molar-refractivity contribution in [2.24, 2.45) is 0 Å². The minimum Gasteiger partial charge on any atom is -0.390 e. The lowest BCUT2D eigenvalue weighted by atomic mass is 10.2. The molecule has 0 atom stereocenters. The van der Waals surface area contributed by atoms with Gasteiger partial charge in [-0.05, 0) is 28.7 Å². The number of hydrogen-bond acceptors (Lipinski definition) is 3. The molecule has 3 nitrogen and oxygen atoms in total. The summed E-state index contributed by atoms with van der Waals surface area (Å²) in [6, 6.07) is 0.796. The van der Waals surface area contributed by atoms with Crippen LogP contribution in [0.1, 0.15) is 17.7 Å². The highest BCUT2D eigenvalue weighted by atomic mass is 127. The van der Waals surface area contributed by atoms with Crippen molar-refractivity contribution in [2.45, 2.75) is 19.4 Å². The Balaban J connectivity index is 3.24. The summed E-state index contributed by atoms with van der Waals surface area (Å²) < 4.78 is 64.3. The average molecular weight is 369 g/mol. The van der Waals surface area contributed by atoms with Gasteiger partial charge in [0.15, 0.2) is 0 Å². The Bertz CT molecular complexity index is 410. The molecule has 1 aromatic heterocycles. The Hall–Kier alpha value is -0.710. The molecule has 0 unspecified atom stereocenters. The van der Waals surface area contributed by atoms with E-state index in [0.29, 0.717) is 0 Å². The second kappa shape index (κ2) is 5.29. The van der Waals surface area contributed by atoms with E-state index in [0.717, 1.165) is 6.07 Å². The predicted octanol–water partition coefficient (Wildman–Crippen LogP) is 3.01. The molecule has 17 heavy (non-hydrogen) atoms. The van der Waals surface area contributed by atoms with Crippen LogP contribution in [0.5, 0.6) is 5.88 Å². The first-order chi connectivity index (χ1) is 7.74. The number of pyridine rings is 1. The van der Waals surface area contributed by atoms with E-state index in [4.69, 9.17) is 5.11 Å². The van der Waals surface area contributed by atoms with E-state index in [1.165, 1.54) is 0 Å². The van der Waals surface area contributed by atoms with Crippen LogP contribution in [-0.4, -0.2) is 16.5 Å². The highest BCUT2D eigenvalue weighted by molar-refractivity contribution is 14.1. The van der Waals surface area contributed by atoms with Gasteiger partial charge in [0.2, 0.25) is 5.88 Å². The third-order valence-corrected chi connectivity index (χ3v) is 2.57. The number of alkyl halides is 5. The lowest BCUT2D eigenvalue weighted by Crippen LogP contribution is -2.20. The molecule has 0 spiro atoms. The minimum atomic E-state index is -5.11. The third kappa shape index (κ3) is 3.91. The van der Waals surface area contributed by atoms with Gasteiger partial charge in [0, 0.05) is 3.57 Å². The standard InChI is InChI=1S/C8H5F5INO2/c9-6(10)3-1-4(14)5(2-16)15-7(3)17-8(11,12)13/h1,6,16H,2H2. The third-order valence-electron chi connectivity index (χ3n) is 1.64. The second-order valence-electron chi connectivity index (χ2n) is 2.82. The van der Waals surface area contributed by atoms with Crippen molar-refractivity contribution in [1.82, 2.24) is 4.98 Å². The Morgan fingerprint density at radius 3 is 2.41 bits per heavy atom. The molecule has 0 aliphatic carbocycles. The van der Waals surface area contributed by atoms with Crippen molar-refractivity contribution in [1.29, 1.82) is 0 Å². The van der Waals surface area contributed by atoms with Crippen molar-refractivity contribution in [2.75, 3.05) is 0 Å². The fourth-order valence-corrected chi connectivity index (χ4v) is 1.61. The highest BCUT2D eigenvalue weighted by Gasteiger charge is 2.34. The molecule has 0 amide bonds. The van der Waals surface area contributed by atoms with Gasteiger partial charge in [0.05, 0.1) is 17.9 Å². The molecule has 0 aliphatic rings. The van der Waals surface area contributed by atoms with Crippen molar-refractivity contribution in [3.63, 3.8) is 0 Å². The summed E-state index contributed by atoms with van der Waals surface area (Å²) in [4.78, 5) is 3.22. The molecule has 0 aromatic carbocycles. The topological polar surface area (TPSA) is 42.4 Å². The molecule has 0 aliphatic heterocycles. The molecular formula is C8H5F5INO2. The SMILES string of the molecule is OCc1nc(OC(F)(F)F)c(C(F)F)cc1I.